The third kappa shape index (κ3) is 8.30. The van der Waals surface area contributed by atoms with Crippen LogP contribution in [-0.2, 0) is 26.2 Å². The van der Waals surface area contributed by atoms with Gasteiger partial charge in [0.2, 0.25) is 11.8 Å². The van der Waals surface area contributed by atoms with Crippen molar-refractivity contribution >= 4 is 73.9 Å². The summed E-state index contributed by atoms with van der Waals surface area (Å²) in [6, 6.07) is 14.6. The molecule has 12 heteroatoms. The molecule has 2 amide bonds. The number of nitrogens with zero attached hydrogens (tertiary/aromatic N) is 2. The highest BCUT2D eigenvalue weighted by Gasteiger charge is 2.34. The lowest BCUT2D eigenvalue weighted by atomic mass is 10.1. The summed E-state index contributed by atoms with van der Waals surface area (Å²) in [7, 11) is -4.30. The number of carbonyl (C=O) groups is 2. The first-order valence-corrected chi connectivity index (χ1v) is 15.6. The number of anilines is 1. The molecule has 3 aromatic carbocycles. The van der Waals surface area contributed by atoms with Crippen LogP contribution in [0.4, 0.5) is 5.69 Å². The summed E-state index contributed by atoms with van der Waals surface area (Å²) < 4.78 is 28.8. The van der Waals surface area contributed by atoms with Gasteiger partial charge < -0.3 is 10.2 Å². The normalized spacial score (nSPS) is 12.5. The molecule has 0 aliphatic carbocycles. The number of benzene rings is 3. The van der Waals surface area contributed by atoms with E-state index in [0.717, 1.165) is 9.87 Å². The fourth-order valence-corrected chi connectivity index (χ4v) is 6.12. The van der Waals surface area contributed by atoms with Gasteiger partial charge in [0, 0.05) is 12.1 Å². The largest absolute Gasteiger partial charge is 0.350 e. The molecule has 0 spiro atoms. The highest BCUT2D eigenvalue weighted by molar-refractivity contribution is 7.92. The lowest BCUT2D eigenvalue weighted by Gasteiger charge is -2.33. The Labute approximate surface area is 261 Å². The number of nitrogens with one attached hydrogen (secondary N) is 1. The Hall–Kier alpha value is -2.49. The lowest BCUT2D eigenvalue weighted by molar-refractivity contribution is -0.140. The molecule has 7 nitrogen and oxygen atoms in total. The van der Waals surface area contributed by atoms with Gasteiger partial charge in [-0.25, -0.2) is 8.42 Å². The Bertz CT molecular complexity index is 1540. The quantitative estimate of drug-likeness (QED) is 0.265. The summed E-state index contributed by atoms with van der Waals surface area (Å²) >= 11 is 25.0. The van der Waals surface area contributed by atoms with Crippen molar-refractivity contribution in [2.45, 2.75) is 57.6 Å². The molecule has 41 heavy (non-hydrogen) atoms. The van der Waals surface area contributed by atoms with E-state index in [1.807, 2.05) is 27.7 Å². The van der Waals surface area contributed by atoms with Gasteiger partial charge in [0.05, 0.1) is 30.7 Å². The summed E-state index contributed by atoms with van der Waals surface area (Å²) in [6.07, 6.45) is 0. The Kier molecular flexibility index (Phi) is 10.6. The van der Waals surface area contributed by atoms with Crippen molar-refractivity contribution in [3.05, 3.63) is 91.9 Å². The van der Waals surface area contributed by atoms with Crippen molar-refractivity contribution in [2.75, 3.05) is 10.8 Å². The molecule has 0 unspecified atom stereocenters. The minimum Gasteiger partial charge on any atom is -0.350 e. The summed E-state index contributed by atoms with van der Waals surface area (Å²) in [5.41, 5.74) is 0.906. The molecule has 0 heterocycles. The average molecular weight is 659 g/mol. The van der Waals surface area contributed by atoms with Gasteiger partial charge in [0.15, 0.2) is 0 Å². The number of hydrogen-bond acceptors (Lipinski definition) is 4. The number of amides is 2. The zero-order valence-electron chi connectivity index (χ0n) is 23.2. The van der Waals surface area contributed by atoms with Gasteiger partial charge in [0.25, 0.3) is 10.0 Å². The first-order valence-electron chi connectivity index (χ1n) is 12.6. The van der Waals surface area contributed by atoms with Gasteiger partial charge in [-0.2, -0.15) is 0 Å². The number of carbonyl (C=O) groups excluding carboxylic acids is 2. The molecule has 0 bridgehead atoms. The van der Waals surface area contributed by atoms with E-state index in [4.69, 9.17) is 46.4 Å². The number of hydrogen-bond donors (Lipinski definition) is 1. The monoisotopic (exact) mass is 657 g/mol. The zero-order chi connectivity index (χ0) is 30.7. The molecular weight excluding hydrogens is 628 g/mol. The molecule has 1 atom stereocenters. The molecule has 0 saturated carbocycles. The fourth-order valence-electron chi connectivity index (χ4n) is 3.93. The van der Waals surface area contributed by atoms with E-state index in [1.54, 1.807) is 43.3 Å². The van der Waals surface area contributed by atoms with Crippen LogP contribution in [0.1, 0.15) is 38.8 Å². The highest BCUT2D eigenvalue weighted by Crippen LogP contribution is 2.35. The van der Waals surface area contributed by atoms with E-state index in [1.165, 1.54) is 29.2 Å². The molecule has 1 N–H and O–H groups in total. The van der Waals surface area contributed by atoms with Crippen molar-refractivity contribution < 1.29 is 18.0 Å². The van der Waals surface area contributed by atoms with Crippen LogP contribution in [0.2, 0.25) is 20.1 Å². The molecule has 3 aromatic rings. The van der Waals surface area contributed by atoms with Crippen LogP contribution in [0.15, 0.2) is 65.6 Å². The Morgan fingerprint density at radius 2 is 1.54 bits per heavy atom. The highest BCUT2D eigenvalue weighted by atomic mass is 35.5. The van der Waals surface area contributed by atoms with Crippen LogP contribution in [0.3, 0.4) is 0 Å². The van der Waals surface area contributed by atoms with Gasteiger partial charge >= 0.3 is 0 Å². The fraction of sp³-hybridized carbons (Fsp3) is 0.310. The van der Waals surface area contributed by atoms with E-state index in [0.29, 0.717) is 10.6 Å². The maximum atomic E-state index is 14.0. The lowest BCUT2D eigenvalue weighted by Crippen LogP contribution is -2.54. The van der Waals surface area contributed by atoms with E-state index in [2.05, 4.69) is 5.32 Å². The van der Waals surface area contributed by atoms with E-state index in [9.17, 15) is 18.0 Å². The van der Waals surface area contributed by atoms with E-state index < -0.39 is 40.0 Å². The van der Waals surface area contributed by atoms with Crippen molar-refractivity contribution in [1.82, 2.24) is 10.2 Å². The Morgan fingerprint density at radius 3 is 2.12 bits per heavy atom. The Balaban J connectivity index is 2.10. The predicted molar refractivity (Wildman–Crippen MR) is 167 cm³/mol. The molecule has 0 aliphatic heterocycles. The number of halogens is 4. The van der Waals surface area contributed by atoms with Gasteiger partial charge in [-0.05, 0) is 76.6 Å². The minimum atomic E-state index is -4.30. The maximum Gasteiger partial charge on any atom is 0.264 e. The predicted octanol–water partition coefficient (Wildman–Crippen LogP) is 7.14. The topological polar surface area (TPSA) is 86.8 Å². The number of rotatable bonds is 9. The minimum absolute atomic E-state index is 0.0226. The molecule has 0 fully saturated rings. The molecule has 0 aliphatic rings. The van der Waals surface area contributed by atoms with Crippen molar-refractivity contribution in [3.63, 3.8) is 0 Å². The van der Waals surface area contributed by atoms with Crippen LogP contribution in [0, 0.1) is 6.92 Å². The van der Waals surface area contributed by atoms with Crippen molar-refractivity contribution in [1.29, 1.82) is 0 Å². The number of aryl methyl sites for hydroxylation is 1. The van der Waals surface area contributed by atoms with Gasteiger partial charge in [-0.1, -0.05) is 76.2 Å². The average Bonchev–Trinajstić information content (AvgIpc) is 2.88. The molecule has 3 rings (SSSR count). The molecule has 0 radical (unpaired) electrons. The summed E-state index contributed by atoms with van der Waals surface area (Å²) in [6.45, 7) is 8.15. The molecule has 0 aromatic heterocycles. The molecule has 220 valence electrons. The second kappa shape index (κ2) is 13.2. The first kappa shape index (κ1) is 33.0. The van der Waals surface area contributed by atoms with Gasteiger partial charge in [-0.15, -0.1) is 0 Å². The van der Waals surface area contributed by atoms with Gasteiger partial charge in [-0.3, -0.25) is 13.9 Å². The van der Waals surface area contributed by atoms with Crippen LogP contribution in [0.5, 0.6) is 0 Å². The van der Waals surface area contributed by atoms with Crippen LogP contribution >= 0.6 is 46.4 Å². The van der Waals surface area contributed by atoms with Crippen molar-refractivity contribution in [2.24, 2.45) is 0 Å². The smallest absolute Gasteiger partial charge is 0.264 e. The van der Waals surface area contributed by atoms with Crippen LogP contribution < -0.4 is 9.62 Å². The van der Waals surface area contributed by atoms with Crippen LogP contribution in [0.25, 0.3) is 0 Å². The summed E-state index contributed by atoms with van der Waals surface area (Å²) in [5, 5.41) is 3.56. The van der Waals surface area contributed by atoms with Crippen molar-refractivity contribution in [3.8, 4) is 0 Å². The first-order chi connectivity index (χ1) is 19.0. The Morgan fingerprint density at radius 1 is 0.902 bits per heavy atom. The van der Waals surface area contributed by atoms with E-state index >= 15 is 0 Å². The third-order valence-electron chi connectivity index (χ3n) is 6.09. The standard InChI is InChI=1S/C29H31Cl4N3O4S/c1-18-9-12-21(13-10-18)41(39,40)36(25-8-6-7-23(31)27(25)33)17-26(37)35(19(2)28(38)34-29(3,4)5)16-20-11-14-22(30)24(32)15-20/h6-15,19H,16-17H2,1-5H3,(H,34,38)/t19-/m1/s1. The zero-order valence-corrected chi connectivity index (χ0v) is 27.1. The third-order valence-corrected chi connectivity index (χ3v) is 9.41. The SMILES string of the molecule is Cc1ccc(S(=O)(=O)N(CC(=O)N(Cc2ccc(Cl)c(Cl)c2)[C@H](C)C(=O)NC(C)(C)C)c2cccc(Cl)c2Cl)cc1. The van der Waals surface area contributed by atoms with E-state index in [-0.39, 0.29) is 32.2 Å². The molecular formula is C29H31Cl4N3O4S. The second-order valence-electron chi connectivity index (χ2n) is 10.6. The van der Waals surface area contributed by atoms with Crippen LogP contribution in [-0.4, -0.2) is 43.3 Å². The maximum absolute atomic E-state index is 14.0. The number of sulfonamides is 1. The molecule has 0 saturated heterocycles. The second-order valence-corrected chi connectivity index (χ2v) is 14.0. The van der Waals surface area contributed by atoms with Gasteiger partial charge in [0.1, 0.15) is 12.6 Å². The summed E-state index contributed by atoms with van der Waals surface area (Å²) in [4.78, 5) is 28.5. The summed E-state index contributed by atoms with van der Waals surface area (Å²) in [5.74, 6) is -1.07.